The average Bonchev–Trinajstić information content (AvgIpc) is 2.56. The number of hydrogen-bond donors (Lipinski definition) is 3. The number of sulfonamides is 1. The van der Waals surface area contributed by atoms with Crippen LogP contribution in [0.2, 0.25) is 0 Å². The van der Waals surface area contributed by atoms with E-state index in [1.165, 1.54) is 12.1 Å². The van der Waals surface area contributed by atoms with Gasteiger partial charge in [-0.25, -0.2) is 18.4 Å². The third-order valence-electron chi connectivity index (χ3n) is 3.13. The number of alkyl carbamates (subject to hydrolysis) is 1. The van der Waals surface area contributed by atoms with E-state index >= 15 is 0 Å². The molecule has 0 saturated carbocycles. The molecule has 1 aromatic rings. The summed E-state index contributed by atoms with van der Waals surface area (Å²) in [5.41, 5.74) is 0.0780. The first-order valence-corrected chi connectivity index (χ1v) is 9.92. The van der Waals surface area contributed by atoms with Crippen molar-refractivity contribution in [2.75, 3.05) is 19.7 Å². The Hall–Kier alpha value is -2.66. The van der Waals surface area contributed by atoms with Crippen molar-refractivity contribution in [1.29, 1.82) is 0 Å². The van der Waals surface area contributed by atoms with Crippen LogP contribution < -0.4 is 15.8 Å². The maximum atomic E-state index is 11.6. The number of nitrogens with two attached hydrogens (primary N) is 1. The van der Waals surface area contributed by atoms with Gasteiger partial charge in [0.25, 0.3) is 0 Å². The molecule has 0 saturated heterocycles. The van der Waals surface area contributed by atoms with E-state index in [2.05, 4.69) is 10.6 Å². The molecule has 0 atom stereocenters. The molecule has 0 bridgehead atoms. The highest BCUT2D eigenvalue weighted by Crippen LogP contribution is 2.09. The van der Waals surface area contributed by atoms with E-state index in [9.17, 15) is 22.8 Å². The lowest BCUT2D eigenvalue weighted by atomic mass is 10.2. The molecule has 156 valence electrons. The predicted octanol–water partition coefficient (Wildman–Crippen LogP) is 0.0606. The van der Waals surface area contributed by atoms with Crippen LogP contribution in [0.25, 0.3) is 0 Å². The Kier molecular flexibility index (Phi) is 8.38. The van der Waals surface area contributed by atoms with Gasteiger partial charge in [0.05, 0.1) is 11.5 Å². The van der Waals surface area contributed by atoms with Gasteiger partial charge in [-0.15, -0.1) is 0 Å². The van der Waals surface area contributed by atoms with Gasteiger partial charge in [-0.3, -0.25) is 9.59 Å². The van der Waals surface area contributed by atoms with Crippen molar-refractivity contribution in [1.82, 2.24) is 10.6 Å². The summed E-state index contributed by atoms with van der Waals surface area (Å²) in [5, 5.41) is 9.58. The number of benzene rings is 1. The SMILES string of the molecule is CC(C)(C)OC(=O)NCC(=O)NCC(=O)OCCc1ccc(S(N)(=O)=O)cc1. The molecule has 1 rings (SSSR count). The Labute approximate surface area is 163 Å². The number of ether oxygens (including phenoxy) is 2. The van der Waals surface area contributed by atoms with Gasteiger partial charge in [-0.1, -0.05) is 12.1 Å². The molecular formula is C17H25N3O7S. The zero-order valence-electron chi connectivity index (χ0n) is 16.0. The minimum atomic E-state index is -3.75. The van der Waals surface area contributed by atoms with Crippen molar-refractivity contribution < 1.29 is 32.3 Å². The number of nitrogens with one attached hydrogen (secondary N) is 2. The Morgan fingerprint density at radius 2 is 1.64 bits per heavy atom. The van der Waals surface area contributed by atoms with Crippen molar-refractivity contribution in [3.8, 4) is 0 Å². The minimum Gasteiger partial charge on any atom is -0.464 e. The number of carbonyl (C=O) groups is 3. The second kappa shape index (κ2) is 10.0. The summed E-state index contributed by atoms with van der Waals surface area (Å²) in [5.74, 6) is -1.21. The van der Waals surface area contributed by atoms with Gasteiger partial charge in [0, 0.05) is 6.42 Å². The summed E-state index contributed by atoms with van der Waals surface area (Å²) in [6, 6.07) is 5.87. The molecule has 0 fully saturated rings. The second-order valence-corrected chi connectivity index (χ2v) is 8.35. The van der Waals surface area contributed by atoms with Crippen LogP contribution in [-0.2, 0) is 35.5 Å². The van der Waals surface area contributed by atoms with Crippen molar-refractivity contribution in [2.45, 2.75) is 37.7 Å². The molecule has 0 aromatic heterocycles. The molecule has 4 N–H and O–H groups in total. The van der Waals surface area contributed by atoms with E-state index in [1.807, 2.05) is 0 Å². The van der Waals surface area contributed by atoms with Gasteiger partial charge in [0.15, 0.2) is 0 Å². The lowest BCUT2D eigenvalue weighted by molar-refractivity contribution is -0.143. The number of esters is 1. The fourth-order valence-corrected chi connectivity index (χ4v) is 2.39. The molecule has 0 aliphatic heterocycles. The highest BCUT2D eigenvalue weighted by atomic mass is 32.2. The maximum Gasteiger partial charge on any atom is 0.408 e. The van der Waals surface area contributed by atoms with Crippen LogP contribution in [0, 0.1) is 0 Å². The Morgan fingerprint density at radius 3 is 2.18 bits per heavy atom. The van der Waals surface area contributed by atoms with Crippen LogP contribution in [0.4, 0.5) is 4.79 Å². The molecular weight excluding hydrogens is 390 g/mol. The Balaban J connectivity index is 2.24. The number of hydrogen-bond acceptors (Lipinski definition) is 7. The topological polar surface area (TPSA) is 154 Å². The van der Waals surface area contributed by atoms with Crippen LogP contribution in [-0.4, -0.2) is 51.7 Å². The minimum absolute atomic E-state index is 0.00375. The fourth-order valence-electron chi connectivity index (χ4n) is 1.88. The van der Waals surface area contributed by atoms with E-state index in [1.54, 1.807) is 32.9 Å². The van der Waals surface area contributed by atoms with Gasteiger partial charge in [-0.05, 0) is 38.5 Å². The molecule has 0 aliphatic rings. The maximum absolute atomic E-state index is 11.6. The van der Waals surface area contributed by atoms with Gasteiger partial charge >= 0.3 is 12.1 Å². The van der Waals surface area contributed by atoms with Crippen molar-refractivity contribution in [2.24, 2.45) is 5.14 Å². The summed E-state index contributed by atoms with van der Waals surface area (Å²) >= 11 is 0. The van der Waals surface area contributed by atoms with E-state index in [0.717, 1.165) is 5.56 Å². The predicted molar refractivity (Wildman–Crippen MR) is 99.7 cm³/mol. The van der Waals surface area contributed by atoms with Gasteiger partial charge in [0.1, 0.15) is 18.7 Å². The third kappa shape index (κ3) is 9.88. The normalized spacial score (nSPS) is 11.4. The molecule has 0 aliphatic carbocycles. The molecule has 10 nitrogen and oxygen atoms in total. The molecule has 0 spiro atoms. The molecule has 28 heavy (non-hydrogen) atoms. The van der Waals surface area contributed by atoms with E-state index in [0.29, 0.717) is 6.42 Å². The van der Waals surface area contributed by atoms with Crippen LogP contribution in [0.5, 0.6) is 0 Å². The fraction of sp³-hybridized carbons (Fsp3) is 0.471. The lowest BCUT2D eigenvalue weighted by Crippen LogP contribution is -2.41. The van der Waals surface area contributed by atoms with Crippen LogP contribution in [0.1, 0.15) is 26.3 Å². The summed E-state index contributed by atoms with van der Waals surface area (Å²) in [6.45, 7) is 4.45. The average molecular weight is 415 g/mol. The number of primary sulfonamides is 1. The largest absolute Gasteiger partial charge is 0.464 e. The standard InChI is InChI=1S/C17H25N3O7S/c1-17(2,3)27-16(23)20-10-14(21)19-11-15(22)26-9-8-12-4-6-13(7-5-12)28(18,24)25/h4-7H,8-11H2,1-3H3,(H,19,21)(H,20,23)(H2,18,24,25). The van der Waals surface area contributed by atoms with E-state index < -0.39 is 33.6 Å². The monoisotopic (exact) mass is 415 g/mol. The molecule has 0 heterocycles. The number of carbonyl (C=O) groups excluding carboxylic acids is 3. The molecule has 0 radical (unpaired) electrons. The zero-order chi connectivity index (χ0) is 21.4. The summed E-state index contributed by atoms with van der Waals surface area (Å²) < 4.78 is 32.3. The molecule has 2 amide bonds. The first-order valence-electron chi connectivity index (χ1n) is 8.38. The summed E-state index contributed by atoms with van der Waals surface area (Å²) in [7, 11) is -3.75. The smallest absolute Gasteiger partial charge is 0.408 e. The zero-order valence-corrected chi connectivity index (χ0v) is 16.8. The Morgan fingerprint density at radius 1 is 1.04 bits per heavy atom. The second-order valence-electron chi connectivity index (χ2n) is 6.79. The first-order chi connectivity index (χ1) is 12.9. The van der Waals surface area contributed by atoms with Gasteiger partial charge < -0.3 is 20.1 Å². The molecule has 11 heteroatoms. The van der Waals surface area contributed by atoms with E-state index in [-0.39, 0.29) is 24.6 Å². The first kappa shape index (κ1) is 23.4. The van der Waals surface area contributed by atoms with Crippen molar-refractivity contribution in [3.05, 3.63) is 29.8 Å². The number of rotatable bonds is 8. The summed E-state index contributed by atoms with van der Waals surface area (Å²) in [4.78, 5) is 34.6. The van der Waals surface area contributed by atoms with Gasteiger partial charge in [0.2, 0.25) is 15.9 Å². The Bertz CT molecular complexity index is 799. The third-order valence-corrected chi connectivity index (χ3v) is 4.06. The van der Waals surface area contributed by atoms with Crippen molar-refractivity contribution in [3.63, 3.8) is 0 Å². The molecule has 1 aromatic carbocycles. The molecule has 0 unspecified atom stereocenters. The number of amides is 2. The van der Waals surface area contributed by atoms with Gasteiger partial charge in [-0.2, -0.15) is 0 Å². The summed E-state index contributed by atoms with van der Waals surface area (Å²) in [6.07, 6.45) is -0.371. The van der Waals surface area contributed by atoms with Crippen molar-refractivity contribution >= 4 is 28.0 Å². The van der Waals surface area contributed by atoms with Crippen LogP contribution in [0.15, 0.2) is 29.2 Å². The van der Waals surface area contributed by atoms with Crippen LogP contribution >= 0.6 is 0 Å². The quantitative estimate of drug-likeness (QED) is 0.507. The highest BCUT2D eigenvalue weighted by Gasteiger charge is 2.16. The lowest BCUT2D eigenvalue weighted by Gasteiger charge is -2.19. The highest BCUT2D eigenvalue weighted by molar-refractivity contribution is 7.89. The van der Waals surface area contributed by atoms with Crippen LogP contribution in [0.3, 0.4) is 0 Å². The van der Waals surface area contributed by atoms with E-state index in [4.69, 9.17) is 14.6 Å².